The van der Waals surface area contributed by atoms with Crippen molar-refractivity contribution in [2.45, 2.75) is 11.5 Å². The minimum absolute atomic E-state index is 0.129. The first-order chi connectivity index (χ1) is 9.77. The van der Waals surface area contributed by atoms with Gasteiger partial charge in [0, 0.05) is 21.3 Å². The first kappa shape index (κ1) is 16.0. The Balaban J connectivity index is 2.30. The van der Waals surface area contributed by atoms with Crippen LogP contribution in [0.5, 0.6) is 5.75 Å². The molecule has 2 aromatic rings. The van der Waals surface area contributed by atoms with Crippen LogP contribution in [0.2, 0.25) is 5.02 Å². The van der Waals surface area contributed by atoms with Gasteiger partial charge in [0.2, 0.25) is 0 Å². The fourth-order valence-electron chi connectivity index (χ4n) is 1.60. The van der Waals surface area contributed by atoms with Crippen molar-refractivity contribution < 1.29 is 21.9 Å². The Kier molecular flexibility index (Phi) is 4.70. The lowest BCUT2D eigenvalue weighted by molar-refractivity contribution is 0.291. The van der Waals surface area contributed by atoms with Gasteiger partial charge in [-0.25, -0.2) is 17.2 Å². The van der Waals surface area contributed by atoms with Gasteiger partial charge in [-0.2, -0.15) is 0 Å². The lowest BCUT2D eigenvalue weighted by atomic mass is 10.2. The Morgan fingerprint density at radius 3 is 2.48 bits per heavy atom. The molecule has 0 spiro atoms. The molecule has 0 atom stereocenters. The van der Waals surface area contributed by atoms with Crippen molar-refractivity contribution in [2.24, 2.45) is 0 Å². The predicted octanol–water partition coefficient (Wildman–Crippen LogP) is 4.12. The first-order valence-corrected chi connectivity index (χ1v) is 8.27. The summed E-state index contributed by atoms with van der Waals surface area (Å²) >= 11 is 5.73. The van der Waals surface area contributed by atoms with Crippen molar-refractivity contribution in [1.82, 2.24) is 0 Å². The Labute approximate surface area is 129 Å². The summed E-state index contributed by atoms with van der Waals surface area (Å²) in [4.78, 5) is -0.522. The summed E-state index contributed by atoms with van der Waals surface area (Å²) in [6.07, 6.45) is 0. The van der Waals surface area contributed by atoms with Crippen LogP contribution >= 0.6 is 22.3 Å². The molecule has 0 bridgehead atoms. The summed E-state index contributed by atoms with van der Waals surface area (Å²) in [5.74, 6) is -1.52. The topological polar surface area (TPSA) is 43.4 Å². The Morgan fingerprint density at radius 2 is 1.81 bits per heavy atom. The van der Waals surface area contributed by atoms with E-state index in [1.54, 1.807) is 0 Å². The quantitative estimate of drug-likeness (QED) is 0.777. The molecule has 0 N–H and O–H groups in total. The van der Waals surface area contributed by atoms with Crippen LogP contribution in [0.4, 0.5) is 8.78 Å². The maximum Gasteiger partial charge on any atom is 0.265 e. The van der Waals surface area contributed by atoms with Gasteiger partial charge in [-0.1, -0.05) is 11.6 Å². The summed E-state index contributed by atoms with van der Waals surface area (Å²) in [7, 11) is 1.01. The summed E-state index contributed by atoms with van der Waals surface area (Å²) in [6.45, 7) is -0.280. The Morgan fingerprint density at radius 1 is 1.10 bits per heavy atom. The molecule has 0 saturated heterocycles. The zero-order valence-electron chi connectivity index (χ0n) is 10.3. The molecule has 2 rings (SSSR count). The van der Waals surface area contributed by atoms with E-state index in [0.29, 0.717) is 5.02 Å². The van der Waals surface area contributed by atoms with Crippen LogP contribution in [0.25, 0.3) is 0 Å². The average molecular weight is 353 g/mol. The molecule has 0 fully saturated rings. The van der Waals surface area contributed by atoms with E-state index in [9.17, 15) is 17.2 Å². The zero-order chi connectivity index (χ0) is 15.6. The van der Waals surface area contributed by atoms with E-state index in [-0.39, 0.29) is 17.9 Å². The second kappa shape index (κ2) is 6.17. The number of benzene rings is 2. The molecule has 0 amide bonds. The molecule has 3 nitrogen and oxygen atoms in total. The molecule has 0 aliphatic heterocycles. The van der Waals surface area contributed by atoms with Gasteiger partial charge in [-0.15, -0.1) is 0 Å². The SMILES string of the molecule is O=S(=O)(Cl)c1cc(F)ccc1OCc1cc(Cl)ccc1F. The maximum absolute atomic E-state index is 13.5. The van der Waals surface area contributed by atoms with Crippen LogP contribution in [0.15, 0.2) is 41.3 Å². The first-order valence-electron chi connectivity index (χ1n) is 5.58. The number of hydrogen-bond donors (Lipinski definition) is 0. The second-order valence-electron chi connectivity index (χ2n) is 4.05. The molecule has 0 aliphatic rings. The smallest absolute Gasteiger partial charge is 0.265 e. The molecule has 8 heteroatoms. The van der Waals surface area contributed by atoms with Crippen LogP contribution in [-0.2, 0) is 15.7 Å². The number of hydrogen-bond acceptors (Lipinski definition) is 3. The molecule has 2 aromatic carbocycles. The van der Waals surface area contributed by atoms with Crippen molar-refractivity contribution >= 4 is 31.3 Å². The van der Waals surface area contributed by atoms with Gasteiger partial charge < -0.3 is 4.74 Å². The molecule has 0 aromatic heterocycles. The number of rotatable bonds is 4. The normalized spacial score (nSPS) is 11.4. The fraction of sp³-hybridized carbons (Fsp3) is 0.0769. The van der Waals surface area contributed by atoms with Gasteiger partial charge >= 0.3 is 0 Å². The van der Waals surface area contributed by atoms with Gasteiger partial charge in [0.15, 0.2) is 0 Å². The average Bonchev–Trinajstić information content (AvgIpc) is 2.40. The predicted molar refractivity (Wildman–Crippen MR) is 75.2 cm³/mol. The summed E-state index contributed by atoms with van der Waals surface area (Å²) in [5.41, 5.74) is 0.129. The van der Waals surface area contributed by atoms with Crippen LogP contribution in [0.1, 0.15) is 5.56 Å². The molecule has 21 heavy (non-hydrogen) atoms. The zero-order valence-corrected chi connectivity index (χ0v) is 12.6. The molecular formula is C13H8Cl2F2O3S. The minimum Gasteiger partial charge on any atom is -0.487 e. The van der Waals surface area contributed by atoms with Crippen LogP contribution in [0.3, 0.4) is 0 Å². The highest BCUT2D eigenvalue weighted by atomic mass is 35.7. The lowest BCUT2D eigenvalue weighted by Crippen LogP contribution is -2.03. The highest BCUT2D eigenvalue weighted by Crippen LogP contribution is 2.29. The van der Waals surface area contributed by atoms with E-state index in [1.807, 2.05) is 0 Å². The van der Waals surface area contributed by atoms with E-state index < -0.39 is 25.6 Å². The van der Waals surface area contributed by atoms with E-state index in [2.05, 4.69) is 0 Å². The highest BCUT2D eigenvalue weighted by Gasteiger charge is 2.18. The fourth-order valence-corrected chi connectivity index (χ4v) is 2.78. The van der Waals surface area contributed by atoms with Gasteiger partial charge in [-0.3, -0.25) is 0 Å². The molecule has 0 radical (unpaired) electrons. The summed E-state index contributed by atoms with van der Waals surface area (Å²) < 4.78 is 54.6. The van der Waals surface area contributed by atoms with E-state index in [4.69, 9.17) is 27.0 Å². The highest BCUT2D eigenvalue weighted by molar-refractivity contribution is 8.13. The number of ether oxygens (including phenoxy) is 1. The van der Waals surface area contributed by atoms with E-state index in [0.717, 1.165) is 24.3 Å². The van der Waals surface area contributed by atoms with Crippen LogP contribution < -0.4 is 4.74 Å². The van der Waals surface area contributed by atoms with Gasteiger partial charge in [-0.05, 0) is 36.4 Å². The Bertz CT molecular complexity index is 779. The van der Waals surface area contributed by atoms with E-state index in [1.165, 1.54) is 12.1 Å². The Hall–Kier alpha value is -1.37. The van der Waals surface area contributed by atoms with E-state index >= 15 is 0 Å². The van der Waals surface area contributed by atoms with Gasteiger partial charge in [0.25, 0.3) is 9.05 Å². The molecule has 0 aliphatic carbocycles. The molecule has 0 saturated carbocycles. The molecular weight excluding hydrogens is 345 g/mol. The van der Waals surface area contributed by atoms with Gasteiger partial charge in [0.1, 0.15) is 28.9 Å². The third kappa shape index (κ3) is 4.06. The lowest BCUT2D eigenvalue weighted by Gasteiger charge is -2.10. The van der Waals surface area contributed by atoms with Crippen molar-refractivity contribution in [3.05, 3.63) is 58.6 Å². The van der Waals surface area contributed by atoms with Gasteiger partial charge in [0.05, 0.1) is 0 Å². The second-order valence-corrected chi connectivity index (χ2v) is 7.02. The monoisotopic (exact) mass is 352 g/mol. The third-order valence-corrected chi connectivity index (χ3v) is 4.14. The standard InChI is InChI=1S/C13H8Cl2F2O3S/c14-9-1-3-11(17)8(5-9)7-20-12-4-2-10(16)6-13(12)21(15,18)19/h1-6H,7H2. The van der Waals surface area contributed by atoms with Crippen molar-refractivity contribution in [3.63, 3.8) is 0 Å². The van der Waals surface area contributed by atoms with Crippen LogP contribution in [0, 0.1) is 11.6 Å². The number of halogens is 4. The molecule has 0 heterocycles. The van der Waals surface area contributed by atoms with Crippen molar-refractivity contribution in [2.75, 3.05) is 0 Å². The van der Waals surface area contributed by atoms with Crippen LogP contribution in [-0.4, -0.2) is 8.42 Å². The maximum atomic E-state index is 13.5. The molecule has 0 unspecified atom stereocenters. The third-order valence-electron chi connectivity index (χ3n) is 2.56. The van der Waals surface area contributed by atoms with Crippen molar-refractivity contribution in [3.8, 4) is 5.75 Å². The molecule has 112 valence electrons. The largest absolute Gasteiger partial charge is 0.487 e. The summed E-state index contributed by atoms with van der Waals surface area (Å²) in [5, 5.41) is 0.305. The minimum atomic E-state index is -4.19. The summed E-state index contributed by atoms with van der Waals surface area (Å²) in [6, 6.07) is 6.71. The van der Waals surface area contributed by atoms with Crippen molar-refractivity contribution in [1.29, 1.82) is 0 Å².